The molecule has 3 rings (SSSR count). The maximum atomic E-state index is 12.4. The molecule has 0 spiro atoms. The molecule has 0 aliphatic heterocycles. The Morgan fingerprint density at radius 2 is 1.37 bits per heavy atom. The van der Waals surface area contributed by atoms with Crippen LogP contribution in [0.5, 0.6) is 11.5 Å². The Kier molecular flexibility index (Phi) is 4.73. The highest BCUT2D eigenvalue weighted by Crippen LogP contribution is 2.34. The van der Waals surface area contributed by atoms with Crippen molar-refractivity contribution in [2.24, 2.45) is 0 Å². The molecule has 3 aromatic rings. The van der Waals surface area contributed by atoms with Gasteiger partial charge < -0.3 is 9.47 Å². The summed E-state index contributed by atoms with van der Waals surface area (Å²) in [5.41, 5.74) is 1.72. The molecule has 1 heterocycles. The third kappa shape index (κ3) is 4.93. The van der Waals surface area contributed by atoms with Gasteiger partial charge in [-0.25, -0.2) is 0 Å². The highest BCUT2D eigenvalue weighted by atomic mass is 19.4. The lowest BCUT2D eigenvalue weighted by Gasteiger charge is -2.11. The molecule has 0 atom stereocenters. The van der Waals surface area contributed by atoms with Crippen LogP contribution in [0.2, 0.25) is 0 Å². The van der Waals surface area contributed by atoms with Gasteiger partial charge in [-0.15, -0.1) is 26.3 Å². The largest absolute Gasteiger partial charge is 0.573 e. The Labute approximate surface area is 148 Å². The van der Waals surface area contributed by atoms with E-state index >= 15 is 0 Å². The second kappa shape index (κ2) is 6.86. The van der Waals surface area contributed by atoms with Gasteiger partial charge in [0.25, 0.3) is 0 Å². The maximum Gasteiger partial charge on any atom is 0.573 e. The molecule has 0 unspecified atom stereocenters. The zero-order valence-corrected chi connectivity index (χ0v) is 13.2. The van der Waals surface area contributed by atoms with E-state index < -0.39 is 24.2 Å². The van der Waals surface area contributed by atoms with E-state index in [1.54, 1.807) is 6.07 Å². The zero-order valence-electron chi connectivity index (χ0n) is 13.2. The standard InChI is InChI=1S/C17H10F6N2O2/c18-16(19,20)26-12-6-4-10(5-7-12)14-9-24-25-15(14)11-2-1-3-13(8-11)27-17(21,22)23/h1-9H,(H,24,25). The highest BCUT2D eigenvalue weighted by Gasteiger charge is 2.32. The number of H-pyrrole nitrogens is 1. The van der Waals surface area contributed by atoms with E-state index in [0.29, 0.717) is 22.4 Å². The minimum absolute atomic E-state index is 0.361. The zero-order chi connectivity index (χ0) is 19.7. The fourth-order valence-electron chi connectivity index (χ4n) is 2.41. The number of ether oxygens (including phenoxy) is 2. The minimum Gasteiger partial charge on any atom is -0.406 e. The lowest BCUT2D eigenvalue weighted by molar-refractivity contribution is -0.275. The van der Waals surface area contributed by atoms with Crippen molar-refractivity contribution in [2.75, 3.05) is 0 Å². The highest BCUT2D eigenvalue weighted by molar-refractivity contribution is 5.80. The summed E-state index contributed by atoms with van der Waals surface area (Å²) in [5, 5.41) is 6.53. The first-order valence-electron chi connectivity index (χ1n) is 7.36. The lowest BCUT2D eigenvalue weighted by atomic mass is 10.0. The first kappa shape index (κ1) is 18.6. The number of hydrogen-bond donors (Lipinski definition) is 1. The first-order chi connectivity index (χ1) is 12.6. The molecule has 1 aromatic heterocycles. The number of nitrogens with zero attached hydrogens (tertiary/aromatic N) is 1. The number of nitrogens with one attached hydrogen (secondary N) is 1. The van der Waals surface area contributed by atoms with Gasteiger partial charge in [0, 0.05) is 11.1 Å². The Bertz CT molecular complexity index is 916. The van der Waals surface area contributed by atoms with Crippen LogP contribution in [0.1, 0.15) is 0 Å². The fourth-order valence-corrected chi connectivity index (χ4v) is 2.41. The van der Waals surface area contributed by atoms with E-state index in [4.69, 9.17) is 0 Å². The Morgan fingerprint density at radius 3 is 2.00 bits per heavy atom. The van der Waals surface area contributed by atoms with E-state index in [0.717, 1.165) is 18.2 Å². The van der Waals surface area contributed by atoms with E-state index in [9.17, 15) is 26.3 Å². The Morgan fingerprint density at radius 1 is 0.741 bits per heavy atom. The molecule has 0 saturated heterocycles. The topological polar surface area (TPSA) is 47.1 Å². The summed E-state index contributed by atoms with van der Waals surface area (Å²) in [4.78, 5) is 0. The summed E-state index contributed by atoms with van der Waals surface area (Å²) in [5.74, 6) is -0.800. The summed E-state index contributed by atoms with van der Waals surface area (Å²) in [6.07, 6.45) is -8.22. The van der Waals surface area contributed by atoms with Crippen LogP contribution in [0, 0.1) is 0 Å². The predicted octanol–water partition coefficient (Wildman–Crippen LogP) is 5.54. The smallest absolute Gasteiger partial charge is 0.406 e. The number of halogens is 6. The molecule has 0 amide bonds. The van der Waals surface area contributed by atoms with Crippen LogP contribution in [0.4, 0.5) is 26.3 Å². The van der Waals surface area contributed by atoms with Gasteiger partial charge in [-0.1, -0.05) is 24.3 Å². The molecule has 0 aliphatic carbocycles. The van der Waals surface area contributed by atoms with E-state index in [2.05, 4.69) is 19.7 Å². The molecular formula is C17H10F6N2O2. The second-order valence-electron chi connectivity index (χ2n) is 5.31. The molecule has 0 bridgehead atoms. The third-order valence-electron chi connectivity index (χ3n) is 3.39. The van der Waals surface area contributed by atoms with Crippen molar-refractivity contribution in [3.8, 4) is 33.9 Å². The van der Waals surface area contributed by atoms with Crippen molar-refractivity contribution in [3.63, 3.8) is 0 Å². The van der Waals surface area contributed by atoms with Crippen molar-refractivity contribution in [3.05, 3.63) is 54.7 Å². The summed E-state index contributed by atoms with van der Waals surface area (Å²) in [6, 6.07) is 10.3. The van der Waals surface area contributed by atoms with Gasteiger partial charge in [0.15, 0.2) is 0 Å². The molecule has 2 aromatic carbocycles. The molecule has 0 radical (unpaired) electrons. The Hall–Kier alpha value is -3.17. The van der Waals surface area contributed by atoms with Gasteiger partial charge in [0.05, 0.1) is 11.9 Å². The average molecular weight is 388 g/mol. The Balaban J connectivity index is 1.89. The molecule has 4 nitrogen and oxygen atoms in total. The van der Waals surface area contributed by atoms with Crippen LogP contribution in [-0.4, -0.2) is 22.9 Å². The van der Waals surface area contributed by atoms with Crippen molar-refractivity contribution < 1.29 is 35.8 Å². The van der Waals surface area contributed by atoms with Crippen molar-refractivity contribution in [1.82, 2.24) is 10.2 Å². The third-order valence-corrected chi connectivity index (χ3v) is 3.39. The van der Waals surface area contributed by atoms with Crippen LogP contribution in [-0.2, 0) is 0 Å². The molecule has 27 heavy (non-hydrogen) atoms. The van der Waals surface area contributed by atoms with E-state index in [-0.39, 0.29) is 0 Å². The van der Waals surface area contributed by atoms with Gasteiger partial charge in [0.2, 0.25) is 0 Å². The van der Waals surface area contributed by atoms with Crippen LogP contribution >= 0.6 is 0 Å². The van der Waals surface area contributed by atoms with Crippen LogP contribution in [0.25, 0.3) is 22.4 Å². The van der Waals surface area contributed by atoms with Gasteiger partial charge in [0.1, 0.15) is 11.5 Å². The van der Waals surface area contributed by atoms with Gasteiger partial charge in [-0.2, -0.15) is 5.10 Å². The van der Waals surface area contributed by atoms with Gasteiger partial charge in [-0.3, -0.25) is 5.10 Å². The quantitative estimate of drug-likeness (QED) is 0.597. The number of aromatic amines is 1. The summed E-state index contributed by atoms with van der Waals surface area (Å²) in [6.45, 7) is 0. The minimum atomic E-state index is -4.83. The molecule has 10 heteroatoms. The average Bonchev–Trinajstić information content (AvgIpc) is 3.02. The number of rotatable bonds is 4. The van der Waals surface area contributed by atoms with E-state index in [1.807, 2.05) is 0 Å². The summed E-state index contributed by atoms with van der Waals surface area (Å²) >= 11 is 0. The van der Waals surface area contributed by atoms with E-state index in [1.165, 1.54) is 30.5 Å². The lowest BCUT2D eigenvalue weighted by Crippen LogP contribution is -2.17. The maximum absolute atomic E-state index is 12.4. The molecule has 0 saturated carbocycles. The molecular weight excluding hydrogens is 378 g/mol. The van der Waals surface area contributed by atoms with Crippen LogP contribution in [0.15, 0.2) is 54.7 Å². The number of alkyl halides is 6. The summed E-state index contributed by atoms with van der Waals surface area (Å²) in [7, 11) is 0. The number of hydrogen-bond acceptors (Lipinski definition) is 3. The first-order valence-corrected chi connectivity index (χ1v) is 7.36. The van der Waals surface area contributed by atoms with Gasteiger partial charge >= 0.3 is 12.7 Å². The predicted molar refractivity (Wildman–Crippen MR) is 82.8 cm³/mol. The fraction of sp³-hybridized carbons (Fsp3) is 0.118. The summed E-state index contributed by atoms with van der Waals surface area (Å²) < 4.78 is 81.5. The molecule has 1 N–H and O–H groups in total. The normalized spacial score (nSPS) is 12.1. The SMILES string of the molecule is FC(F)(F)Oc1ccc(-c2cn[nH]c2-c2cccc(OC(F)(F)F)c2)cc1. The van der Waals surface area contributed by atoms with Crippen LogP contribution < -0.4 is 9.47 Å². The van der Waals surface area contributed by atoms with Crippen LogP contribution in [0.3, 0.4) is 0 Å². The number of benzene rings is 2. The molecule has 142 valence electrons. The monoisotopic (exact) mass is 388 g/mol. The molecule has 0 aliphatic rings. The number of aromatic nitrogens is 2. The van der Waals surface area contributed by atoms with Crippen molar-refractivity contribution in [1.29, 1.82) is 0 Å². The van der Waals surface area contributed by atoms with Gasteiger partial charge in [-0.05, 0) is 29.8 Å². The van der Waals surface area contributed by atoms with Crippen molar-refractivity contribution in [2.45, 2.75) is 12.7 Å². The van der Waals surface area contributed by atoms with Crippen molar-refractivity contribution >= 4 is 0 Å². The second-order valence-corrected chi connectivity index (χ2v) is 5.31. The molecule has 0 fully saturated rings.